The number of rotatable bonds is 6. The number of non-ortho nitro benzene ring substituents is 1. The largest absolute Gasteiger partial charge is 0.497 e. The first-order valence-electron chi connectivity index (χ1n) is 10.3. The first kappa shape index (κ1) is 21.2. The van der Waals surface area contributed by atoms with Crippen LogP contribution in [0.15, 0.2) is 60.9 Å². The van der Waals surface area contributed by atoms with Gasteiger partial charge in [0.05, 0.1) is 17.7 Å². The van der Waals surface area contributed by atoms with Crippen molar-refractivity contribution in [2.75, 3.05) is 30.4 Å². The number of anilines is 2. The molecule has 0 saturated carbocycles. The maximum Gasteiger partial charge on any atom is 0.269 e. The van der Waals surface area contributed by atoms with Crippen molar-refractivity contribution < 1.29 is 14.5 Å². The molecule has 3 aromatic rings. The summed E-state index contributed by atoms with van der Waals surface area (Å²) < 4.78 is 5.20. The van der Waals surface area contributed by atoms with Gasteiger partial charge in [-0.2, -0.15) is 0 Å². The van der Waals surface area contributed by atoms with E-state index in [1.807, 2.05) is 30.3 Å². The highest BCUT2D eigenvalue weighted by Gasteiger charge is 2.26. The molecular formula is C23H23N5O4. The third kappa shape index (κ3) is 4.83. The predicted molar refractivity (Wildman–Crippen MR) is 121 cm³/mol. The molecule has 1 amide bonds. The highest BCUT2D eigenvalue weighted by atomic mass is 16.6. The lowest BCUT2D eigenvalue weighted by atomic mass is 9.95. The van der Waals surface area contributed by atoms with E-state index in [4.69, 9.17) is 4.74 Å². The second-order valence-electron chi connectivity index (χ2n) is 7.54. The Morgan fingerprint density at radius 3 is 2.41 bits per heavy atom. The van der Waals surface area contributed by atoms with Gasteiger partial charge in [0, 0.05) is 48.5 Å². The van der Waals surface area contributed by atoms with Gasteiger partial charge in [-0.25, -0.2) is 9.97 Å². The molecule has 0 bridgehead atoms. The van der Waals surface area contributed by atoms with Crippen LogP contribution in [0.3, 0.4) is 0 Å². The van der Waals surface area contributed by atoms with E-state index in [1.54, 1.807) is 25.6 Å². The number of nitro groups is 1. The van der Waals surface area contributed by atoms with E-state index >= 15 is 0 Å². The zero-order chi connectivity index (χ0) is 22.5. The molecule has 1 aromatic heterocycles. The molecule has 1 aliphatic heterocycles. The minimum atomic E-state index is -0.464. The summed E-state index contributed by atoms with van der Waals surface area (Å²) in [5.41, 5.74) is 2.36. The first-order chi connectivity index (χ1) is 15.5. The molecule has 0 unspecified atom stereocenters. The number of hydrogen-bond donors (Lipinski definition) is 1. The van der Waals surface area contributed by atoms with Crippen LogP contribution in [0.5, 0.6) is 5.75 Å². The normalized spacial score (nSPS) is 14.1. The number of amides is 1. The SMILES string of the molecule is COc1ccc(-c2cc(N3CCC(C(=O)Nc4ccc([N+](=O)[O-])cc4)CC3)ncn2)cc1. The van der Waals surface area contributed by atoms with E-state index < -0.39 is 4.92 Å². The van der Waals surface area contributed by atoms with Crippen molar-refractivity contribution in [2.45, 2.75) is 12.8 Å². The Bertz CT molecular complexity index is 1090. The standard InChI is InChI=1S/C23H23N5O4/c1-32-20-8-2-16(3-9-20)21-14-22(25-15-24-21)27-12-10-17(11-13-27)23(29)26-18-4-6-19(7-5-18)28(30)31/h2-9,14-15,17H,10-13H2,1H3,(H,26,29). The molecule has 9 heteroatoms. The number of benzene rings is 2. The number of carbonyl (C=O) groups excluding carboxylic acids is 1. The van der Waals surface area contributed by atoms with Crippen molar-refractivity contribution in [3.63, 3.8) is 0 Å². The summed E-state index contributed by atoms with van der Waals surface area (Å²) in [6, 6.07) is 15.5. The zero-order valence-corrected chi connectivity index (χ0v) is 17.6. The Morgan fingerprint density at radius 1 is 1.09 bits per heavy atom. The Morgan fingerprint density at radius 2 is 1.78 bits per heavy atom. The Balaban J connectivity index is 1.36. The molecule has 1 fully saturated rings. The lowest BCUT2D eigenvalue weighted by Gasteiger charge is -2.32. The van der Waals surface area contributed by atoms with Crippen LogP contribution in [-0.2, 0) is 4.79 Å². The quantitative estimate of drug-likeness (QED) is 0.463. The number of ether oxygens (including phenoxy) is 1. The summed E-state index contributed by atoms with van der Waals surface area (Å²) in [5.74, 6) is 1.43. The highest BCUT2D eigenvalue weighted by molar-refractivity contribution is 5.92. The lowest BCUT2D eigenvalue weighted by molar-refractivity contribution is -0.384. The third-order valence-electron chi connectivity index (χ3n) is 5.57. The Hall–Kier alpha value is -4.01. The van der Waals surface area contributed by atoms with Crippen molar-refractivity contribution >= 4 is 23.1 Å². The molecule has 32 heavy (non-hydrogen) atoms. The summed E-state index contributed by atoms with van der Waals surface area (Å²) >= 11 is 0. The van der Waals surface area contributed by atoms with Crippen molar-refractivity contribution in [3.8, 4) is 17.0 Å². The number of nitrogens with zero attached hydrogens (tertiary/aromatic N) is 4. The molecular weight excluding hydrogens is 410 g/mol. The van der Waals surface area contributed by atoms with Gasteiger partial charge >= 0.3 is 0 Å². The fourth-order valence-electron chi connectivity index (χ4n) is 3.72. The van der Waals surface area contributed by atoms with E-state index in [2.05, 4.69) is 20.2 Å². The molecule has 164 valence electrons. The van der Waals surface area contributed by atoms with Crippen LogP contribution < -0.4 is 15.0 Å². The van der Waals surface area contributed by atoms with Crippen LogP contribution >= 0.6 is 0 Å². The smallest absolute Gasteiger partial charge is 0.269 e. The van der Waals surface area contributed by atoms with E-state index in [1.165, 1.54) is 12.1 Å². The van der Waals surface area contributed by atoms with Crippen LogP contribution in [-0.4, -0.2) is 41.0 Å². The molecule has 1 saturated heterocycles. The Kier molecular flexibility index (Phi) is 6.25. The molecule has 0 aliphatic carbocycles. The molecule has 0 radical (unpaired) electrons. The minimum Gasteiger partial charge on any atom is -0.497 e. The molecule has 2 aromatic carbocycles. The number of methoxy groups -OCH3 is 1. The van der Waals surface area contributed by atoms with Gasteiger partial charge in [-0.3, -0.25) is 14.9 Å². The van der Waals surface area contributed by atoms with Crippen molar-refractivity contribution in [3.05, 3.63) is 71.0 Å². The molecule has 0 spiro atoms. The van der Waals surface area contributed by atoms with Gasteiger partial charge in [-0.1, -0.05) is 0 Å². The number of aromatic nitrogens is 2. The van der Waals surface area contributed by atoms with Crippen molar-refractivity contribution in [1.29, 1.82) is 0 Å². The maximum absolute atomic E-state index is 12.6. The monoisotopic (exact) mass is 433 g/mol. The minimum absolute atomic E-state index is 0.00447. The number of nitrogens with one attached hydrogen (secondary N) is 1. The summed E-state index contributed by atoms with van der Waals surface area (Å²) in [7, 11) is 1.63. The third-order valence-corrected chi connectivity index (χ3v) is 5.57. The van der Waals surface area contributed by atoms with Gasteiger partial charge in [0.1, 0.15) is 17.9 Å². The van der Waals surface area contributed by atoms with Gasteiger partial charge in [0.25, 0.3) is 5.69 Å². The fraction of sp³-hybridized carbons (Fsp3) is 0.261. The second kappa shape index (κ2) is 9.42. The van der Waals surface area contributed by atoms with Gasteiger partial charge in [-0.05, 0) is 49.2 Å². The van der Waals surface area contributed by atoms with Crippen LogP contribution in [0.25, 0.3) is 11.3 Å². The van der Waals surface area contributed by atoms with Crippen LogP contribution in [0.2, 0.25) is 0 Å². The van der Waals surface area contributed by atoms with Gasteiger partial charge in [0.2, 0.25) is 5.91 Å². The number of piperidine rings is 1. The van der Waals surface area contributed by atoms with Crippen molar-refractivity contribution in [2.24, 2.45) is 5.92 Å². The van der Waals surface area contributed by atoms with E-state index in [-0.39, 0.29) is 17.5 Å². The second-order valence-corrected chi connectivity index (χ2v) is 7.54. The van der Waals surface area contributed by atoms with Crippen LogP contribution in [0, 0.1) is 16.0 Å². The molecule has 1 aliphatic rings. The van der Waals surface area contributed by atoms with Gasteiger partial charge in [-0.15, -0.1) is 0 Å². The molecule has 9 nitrogen and oxygen atoms in total. The summed E-state index contributed by atoms with van der Waals surface area (Å²) in [6.07, 6.45) is 2.95. The van der Waals surface area contributed by atoms with E-state index in [0.717, 1.165) is 22.8 Å². The van der Waals surface area contributed by atoms with Gasteiger partial charge < -0.3 is 15.0 Å². The summed E-state index contributed by atoms with van der Waals surface area (Å²) in [4.78, 5) is 33.9. The van der Waals surface area contributed by atoms with Crippen LogP contribution in [0.1, 0.15) is 12.8 Å². The maximum atomic E-state index is 12.6. The molecule has 2 heterocycles. The number of hydrogen-bond acceptors (Lipinski definition) is 7. The predicted octanol–water partition coefficient (Wildman–Crippen LogP) is 3.92. The summed E-state index contributed by atoms with van der Waals surface area (Å²) in [6.45, 7) is 1.41. The fourth-order valence-corrected chi connectivity index (χ4v) is 3.72. The average molecular weight is 433 g/mol. The average Bonchev–Trinajstić information content (AvgIpc) is 2.84. The lowest BCUT2D eigenvalue weighted by Crippen LogP contribution is -2.38. The number of nitro benzene ring substituents is 1. The molecule has 0 atom stereocenters. The van der Waals surface area contributed by atoms with Crippen molar-refractivity contribution in [1.82, 2.24) is 9.97 Å². The van der Waals surface area contributed by atoms with E-state index in [9.17, 15) is 14.9 Å². The Labute approximate surface area is 185 Å². The zero-order valence-electron chi connectivity index (χ0n) is 17.6. The van der Waals surface area contributed by atoms with E-state index in [0.29, 0.717) is 31.6 Å². The molecule has 1 N–H and O–H groups in total. The highest BCUT2D eigenvalue weighted by Crippen LogP contribution is 2.27. The van der Waals surface area contributed by atoms with Crippen LogP contribution in [0.4, 0.5) is 17.2 Å². The topological polar surface area (TPSA) is 110 Å². The number of carbonyl (C=O) groups is 1. The van der Waals surface area contributed by atoms with Gasteiger partial charge in [0.15, 0.2) is 0 Å². The molecule has 4 rings (SSSR count). The first-order valence-corrected chi connectivity index (χ1v) is 10.3. The summed E-state index contributed by atoms with van der Waals surface area (Å²) in [5, 5.41) is 13.6.